The smallest absolute Gasteiger partial charge is 0.236 e. The van der Waals surface area contributed by atoms with E-state index in [0.29, 0.717) is 12.0 Å². The number of nitrogens with one attached hydrogen (secondary N) is 1. The minimum Gasteiger partial charge on any atom is -0.338 e. The molecule has 1 aromatic rings. The van der Waals surface area contributed by atoms with Crippen LogP contribution in [0.15, 0.2) is 30.3 Å². The van der Waals surface area contributed by atoms with E-state index in [9.17, 15) is 4.79 Å². The summed E-state index contributed by atoms with van der Waals surface area (Å²) in [5, 5.41) is 3.47. The van der Waals surface area contributed by atoms with Gasteiger partial charge in [-0.25, -0.2) is 0 Å². The summed E-state index contributed by atoms with van der Waals surface area (Å²) in [7, 11) is 1.92. The molecule has 2 fully saturated rings. The lowest BCUT2D eigenvalue weighted by Gasteiger charge is -2.28. The van der Waals surface area contributed by atoms with Crippen molar-refractivity contribution in [3.8, 4) is 0 Å². The molecule has 1 spiro atoms. The van der Waals surface area contributed by atoms with Gasteiger partial charge in [-0.1, -0.05) is 30.3 Å². The molecular weight excluding hydrogens is 310 g/mol. The topological polar surface area (TPSA) is 35.6 Å². The summed E-state index contributed by atoms with van der Waals surface area (Å²) in [5.41, 5.74) is 1.63. The molecule has 2 saturated heterocycles. The van der Waals surface area contributed by atoms with Gasteiger partial charge >= 0.3 is 0 Å². The van der Waals surface area contributed by atoms with E-state index in [-0.39, 0.29) is 24.4 Å². The summed E-state index contributed by atoms with van der Waals surface area (Å²) in [5.74, 6) is 0.222. The van der Waals surface area contributed by atoms with Crippen LogP contribution in [0.5, 0.6) is 0 Å². The lowest BCUT2D eigenvalue weighted by molar-refractivity contribution is -0.132. The van der Waals surface area contributed by atoms with Crippen LogP contribution >= 0.6 is 12.4 Å². The third-order valence-corrected chi connectivity index (χ3v) is 5.46. The standard InChI is InChI=1S/C18H27N3O.ClH/c1-15(16-6-4-3-5-7-16)20(2)17(22)12-21-11-9-18(14-21)8-10-19-13-18;/h3-7,15,19H,8-14H2,1-2H3;1H. The minimum atomic E-state index is 0. The zero-order valence-electron chi connectivity index (χ0n) is 14.1. The largest absolute Gasteiger partial charge is 0.338 e. The molecule has 1 N–H and O–H groups in total. The molecule has 3 rings (SSSR count). The first kappa shape index (κ1) is 18.2. The van der Waals surface area contributed by atoms with Gasteiger partial charge < -0.3 is 10.2 Å². The highest BCUT2D eigenvalue weighted by Gasteiger charge is 2.40. The second-order valence-electron chi connectivity index (χ2n) is 6.98. The van der Waals surface area contributed by atoms with Crippen LogP contribution in [0.1, 0.15) is 31.4 Å². The van der Waals surface area contributed by atoms with Gasteiger partial charge in [0.25, 0.3) is 0 Å². The van der Waals surface area contributed by atoms with Crippen LogP contribution in [0.3, 0.4) is 0 Å². The SMILES string of the molecule is CC(c1ccccc1)N(C)C(=O)CN1CCC2(CCNC2)C1.Cl. The fourth-order valence-electron chi connectivity index (χ4n) is 3.78. The Labute approximate surface area is 145 Å². The van der Waals surface area contributed by atoms with Crippen LogP contribution in [0.4, 0.5) is 0 Å². The molecule has 0 aliphatic carbocycles. The van der Waals surface area contributed by atoms with Crippen molar-refractivity contribution in [3.05, 3.63) is 35.9 Å². The van der Waals surface area contributed by atoms with Gasteiger partial charge in [-0.05, 0) is 43.8 Å². The van der Waals surface area contributed by atoms with Gasteiger partial charge in [0.2, 0.25) is 5.91 Å². The van der Waals surface area contributed by atoms with Crippen LogP contribution in [0.25, 0.3) is 0 Å². The molecule has 2 aliphatic rings. The molecule has 0 bridgehead atoms. The molecule has 2 atom stereocenters. The zero-order chi connectivity index (χ0) is 15.6. The third kappa shape index (κ3) is 4.06. The molecule has 23 heavy (non-hydrogen) atoms. The molecule has 1 aromatic carbocycles. The van der Waals surface area contributed by atoms with E-state index in [1.165, 1.54) is 18.4 Å². The average Bonchev–Trinajstić information content (AvgIpc) is 3.17. The Morgan fingerprint density at radius 2 is 2.09 bits per heavy atom. The van der Waals surface area contributed by atoms with Crippen molar-refractivity contribution < 1.29 is 4.79 Å². The van der Waals surface area contributed by atoms with Crippen LogP contribution < -0.4 is 5.32 Å². The highest BCUT2D eigenvalue weighted by Crippen LogP contribution is 2.35. The van der Waals surface area contributed by atoms with Crippen molar-refractivity contribution in [2.45, 2.75) is 25.8 Å². The van der Waals surface area contributed by atoms with Crippen molar-refractivity contribution >= 4 is 18.3 Å². The van der Waals surface area contributed by atoms with Gasteiger partial charge in [0, 0.05) is 20.1 Å². The molecular formula is C18H28ClN3O. The second kappa shape index (κ2) is 7.65. The lowest BCUT2D eigenvalue weighted by Crippen LogP contribution is -2.39. The fraction of sp³-hybridized carbons (Fsp3) is 0.611. The van der Waals surface area contributed by atoms with Crippen LogP contribution in [0, 0.1) is 5.41 Å². The third-order valence-electron chi connectivity index (χ3n) is 5.46. The molecule has 2 unspecified atom stereocenters. The highest BCUT2D eigenvalue weighted by atomic mass is 35.5. The maximum absolute atomic E-state index is 12.6. The Bertz CT molecular complexity index is 516. The number of hydrogen-bond donors (Lipinski definition) is 1. The summed E-state index contributed by atoms with van der Waals surface area (Å²) in [6.07, 6.45) is 2.49. The normalized spacial score (nSPS) is 25.3. The second-order valence-corrected chi connectivity index (χ2v) is 6.98. The summed E-state index contributed by atoms with van der Waals surface area (Å²) in [6, 6.07) is 10.4. The maximum atomic E-state index is 12.6. The molecule has 2 heterocycles. The molecule has 2 aliphatic heterocycles. The Hall–Kier alpha value is -1.10. The van der Waals surface area contributed by atoms with Crippen LogP contribution in [-0.4, -0.2) is 55.5 Å². The first-order valence-electron chi connectivity index (χ1n) is 8.33. The van der Waals surface area contributed by atoms with Crippen molar-refractivity contribution in [1.29, 1.82) is 0 Å². The molecule has 0 radical (unpaired) electrons. The highest BCUT2D eigenvalue weighted by molar-refractivity contribution is 5.85. The lowest BCUT2D eigenvalue weighted by atomic mass is 9.87. The van der Waals surface area contributed by atoms with E-state index in [1.807, 2.05) is 30.1 Å². The number of halogens is 1. The van der Waals surface area contributed by atoms with E-state index in [4.69, 9.17) is 0 Å². The summed E-state index contributed by atoms with van der Waals surface area (Å²) < 4.78 is 0. The number of amides is 1. The summed E-state index contributed by atoms with van der Waals surface area (Å²) in [4.78, 5) is 16.8. The first-order chi connectivity index (χ1) is 10.6. The average molecular weight is 338 g/mol. The number of carbonyl (C=O) groups excluding carboxylic acids is 1. The van der Waals surface area contributed by atoms with Gasteiger partial charge in [-0.15, -0.1) is 12.4 Å². The number of rotatable bonds is 4. The van der Waals surface area contributed by atoms with E-state index in [1.54, 1.807) is 0 Å². The Kier molecular flexibility index (Phi) is 6.06. The predicted molar refractivity (Wildman–Crippen MR) is 95.9 cm³/mol. The minimum absolute atomic E-state index is 0. The fourth-order valence-corrected chi connectivity index (χ4v) is 3.78. The molecule has 128 valence electrons. The molecule has 0 saturated carbocycles. The number of carbonyl (C=O) groups is 1. The number of likely N-dealkylation sites (N-methyl/N-ethyl adjacent to an activating group) is 1. The molecule has 4 nitrogen and oxygen atoms in total. The maximum Gasteiger partial charge on any atom is 0.236 e. The van der Waals surface area contributed by atoms with Gasteiger partial charge in [-0.3, -0.25) is 9.69 Å². The first-order valence-corrected chi connectivity index (χ1v) is 8.33. The van der Waals surface area contributed by atoms with Crippen molar-refractivity contribution in [3.63, 3.8) is 0 Å². The summed E-state index contributed by atoms with van der Waals surface area (Å²) >= 11 is 0. The summed E-state index contributed by atoms with van der Waals surface area (Å²) in [6.45, 7) is 7.02. The zero-order valence-corrected chi connectivity index (χ0v) is 14.9. The Balaban J connectivity index is 0.00000192. The van der Waals surface area contributed by atoms with Crippen molar-refractivity contribution in [1.82, 2.24) is 15.1 Å². The van der Waals surface area contributed by atoms with Gasteiger partial charge in [0.1, 0.15) is 0 Å². The van der Waals surface area contributed by atoms with E-state index in [0.717, 1.165) is 26.2 Å². The quantitative estimate of drug-likeness (QED) is 0.915. The van der Waals surface area contributed by atoms with E-state index >= 15 is 0 Å². The van der Waals surface area contributed by atoms with Gasteiger partial charge in [-0.2, -0.15) is 0 Å². The number of likely N-dealkylation sites (tertiary alicyclic amines) is 1. The predicted octanol–water partition coefficient (Wildman–Crippen LogP) is 2.31. The number of nitrogens with zero attached hydrogens (tertiary/aromatic N) is 2. The van der Waals surface area contributed by atoms with Crippen LogP contribution in [0.2, 0.25) is 0 Å². The Morgan fingerprint density at radius 3 is 2.74 bits per heavy atom. The molecule has 0 aromatic heterocycles. The van der Waals surface area contributed by atoms with Crippen LogP contribution in [-0.2, 0) is 4.79 Å². The van der Waals surface area contributed by atoms with Gasteiger partial charge in [0.05, 0.1) is 12.6 Å². The molecule has 5 heteroatoms. The van der Waals surface area contributed by atoms with E-state index < -0.39 is 0 Å². The number of hydrogen-bond acceptors (Lipinski definition) is 3. The van der Waals surface area contributed by atoms with Gasteiger partial charge in [0.15, 0.2) is 0 Å². The van der Waals surface area contributed by atoms with E-state index in [2.05, 4.69) is 29.3 Å². The Morgan fingerprint density at radius 1 is 1.35 bits per heavy atom. The molecule has 1 amide bonds. The monoisotopic (exact) mass is 337 g/mol. The van der Waals surface area contributed by atoms with Crippen molar-refractivity contribution in [2.24, 2.45) is 5.41 Å². The number of benzene rings is 1. The van der Waals surface area contributed by atoms with Crippen molar-refractivity contribution in [2.75, 3.05) is 39.8 Å².